The van der Waals surface area contributed by atoms with Gasteiger partial charge in [-0.1, -0.05) is 12.5 Å². The Morgan fingerprint density at radius 2 is 2.31 bits per heavy atom. The first-order valence-electron chi connectivity index (χ1n) is 5.95. The molecule has 0 bridgehead atoms. The molecule has 1 aromatic rings. The van der Waals surface area contributed by atoms with E-state index in [9.17, 15) is 4.39 Å². The van der Waals surface area contributed by atoms with Crippen LogP contribution >= 0.6 is 0 Å². The molecule has 1 aliphatic heterocycles. The van der Waals surface area contributed by atoms with Crippen LogP contribution in [0, 0.1) is 5.82 Å². The van der Waals surface area contributed by atoms with Gasteiger partial charge in [-0.05, 0) is 44.6 Å². The summed E-state index contributed by atoms with van der Waals surface area (Å²) < 4.78 is 13.0. The van der Waals surface area contributed by atoms with E-state index in [0.717, 1.165) is 12.2 Å². The van der Waals surface area contributed by atoms with Crippen molar-refractivity contribution in [1.82, 2.24) is 4.90 Å². The first kappa shape index (κ1) is 11.4. The minimum atomic E-state index is -0.179. The molecule has 1 N–H and O–H groups in total. The molecule has 0 saturated carbocycles. The summed E-state index contributed by atoms with van der Waals surface area (Å²) in [5.74, 6) is -0.179. The Balaban J connectivity index is 1.86. The van der Waals surface area contributed by atoms with Gasteiger partial charge in [-0.2, -0.15) is 0 Å². The lowest BCUT2D eigenvalue weighted by Crippen LogP contribution is -2.40. The summed E-state index contributed by atoms with van der Waals surface area (Å²) in [5, 5.41) is 3.30. The largest absolute Gasteiger partial charge is 0.383 e. The van der Waals surface area contributed by atoms with Gasteiger partial charge in [-0.25, -0.2) is 4.39 Å². The van der Waals surface area contributed by atoms with Gasteiger partial charge in [0.15, 0.2) is 0 Å². The Hall–Kier alpha value is -1.09. The summed E-state index contributed by atoms with van der Waals surface area (Å²) >= 11 is 0. The third-order valence-corrected chi connectivity index (χ3v) is 3.29. The van der Waals surface area contributed by atoms with E-state index >= 15 is 0 Å². The molecule has 1 fully saturated rings. The number of piperidine rings is 1. The SMILES string of the molecule is CN1CCCCC1CNc1cccc(F)c1. The van der Waals surface area contributed by atoms with Crippen LogP contribution in [0.1, 0.15) is 19.3 Å². The third-order valence-electron chi connectivity index (χ3n) is 3.29. The number of benzene rings is 1. The Morgan fingerprint density at radius 1 is 1.44 bits per heavy atom. The van der Waals surface area contributed by atoms with E-state index in [0.29, 0.717) is 6.04 Å². The number of nitrogens with zero attached hydrogens (tertiary/aromatic N) is 1. The van der Waals surface area contributed by atoms with Crippen molar-refractivity contribution in [2.24, 2.45) is 0 Å². The van der Waals surface area contributed by atoms with Gasteiger partial charge in [0.05, 0.1) is 0 Å². The molecule has 3 heteroatoms. The molecule has 1 aromatic carbocycles. The summed E-state index contributed by atoms with van der Waals surface area (Å²) in [4.78, 5) is 2.38. The highest BCUT2D eigenvalue weighted by Gasteiger charge is 2.18. The van der Waals surface area contributed by atoms with E-state index in [-0.39, 0.29) is 5.82 Å². The van der Waals surface area contributed by atoms with Crippen LogP contribution in [0.15, 0.2) is 24.3 Å². The number of halogens is 1. The van der Waals surface area contributed by atoms with Crippen LogP contribution in [0.3, 0.4) is 0 Å². The zero-order valence-corrected chi connectivity index (χ0v) is 9.75. The Bertz CT molecular complexity index is 340. The summed E-state index contributed by atoms with van der Waals surface area (Å²) in [7, 11) is 2.16. The first-order chi connectivity index (χ1) is 7.75. The van der Waals surface area contributed by atoms with E-state index in [1.165, 1.54) is 31.9 Å². The molecule has 1 atom stereocenters. The molecule has 2 nitrogen and oxygen atoms in total. The molecule has 1 unspecified atom stereocenters. The lowest BCUT2D eigenvalue weighted by molar-refractivity contribution is 0.194. The molecule has 2 rings (SSSR count). The molecule has 0 aromatic heterocycles. The van der Waals surface area contributed by atoms with E-state index in [1.54, 1.807) is 12.1 Å². The van der Waals surface area contributed by atoms with Crippen molar-refractivity contribution in [3.63, 3.8) is 0 Å². The van der Waals surface area contributed by atoms with Gasteiger partial charge in [0, 0.05) is 18.3 Å². The smallest absolute Gasteiger partial charge is 0.125 e. The molecular formula is C13H19FN2. The quantitative estimate of drug-likeness (QED) is 0.846. The first-order valence-corrected chi connectivity index (χ1v) is 5.95. The second-order valence-corrected chi connectivity index (χ2v) is 4.52. The number of rotatable bonds is 3. The number of anilines is 1. The van der Waals surface area contributed by atoms with Crippen LogP contribution in [0.5, 0.6) is 0 Å². The molecule has 16 heavy (non-hydrogen) atoms. The van der Waals surface area contributed by atoms with Gasteiger partial charge in [0.1, 0.15) is 5.82 Å². The average molecular weight is 222 g/mol. The lowest BCUT2D eigenvalue weighted by atomic mass is 10.0. The Kier molecular flexibility index (Phi) is 3.78. The molecular weight excluding hydrogens is 203 g/mol. The molecule has 0 radical (unpaired) electrons. The van der Waals surface area contributed by atoms with Crippen LogP contribution in [0.4, 0.5) is 10.1 Å². The van der Waals surface area contributed by atoms with Crippen LogP contribution < -0.4 is 5.32 Å². The summed E-state index contributed by atoms with van der Waals surface area (Å²) in [6, 6.07) is 7.24. The van der Waals surface area contributed by atoms with Crippen molar-refractivity contribution >= 4 is 5.69 Å². The zero-order chi connectivity index (χ0) is 11.4. The predicted octanol–water partition coefficient (Wildman–Crippen LogP) is 2.72. The lowest BCUT2D eigenvalue weighted by Gasteiger charge is -2.32. The molecule has 0 aliphatic carbocycles. The van der Waals surface area contributed by atoms with Crippen LogP contribution in [-0.2, 0) is 0 Å². The average Bonchev–Trinajstić information content (AvgIpc) is 2.28. The maximum absolute atomic E-state index is 13.0. The van der Waals surface area contributed by atoms with Crippen LogP contribution in [0.2, 0.25) is 0 Å². The fourth-order valence-corrected chi connectivity index (χ4v) is 2.24. The summed E-state index contributed by atoms with van der Waals surface area (Å²) in [6.45, 7) is 2.08. The molecule has 88 valence electrons. The number of nitrogens with one attached hydrogen (secondary N) is 1. The molecule has 1 saturated heterocycles. The fourth-order valence-electron chi connectivity index (χ4n) is 2.24. The van der Waals surface area contributed by atoms with Crippen LogP contribution in [0.25, 0.3) is 0 Å². The van der Waals surface area contributed by atoms with Crippen LogP contribution in [-0.4, -0.2) is 31.1 Å². The van der Waals surface area contributed by atoms with Gasteiger partial charge in [-0.15, -0.1) is 0 Å². The van der Waals surface area contributed by atoms with E-state index in [1.807, 2.05) is 6.07 Å². The highest BCUT2D eigenvalue weighted by atomic mass is 19.1. The standard InChI is InChI=1S/C13H19FN2/c1-16-8-3-2-7-13(16)10-15-12-6-4-5-11(14)9-12/h4-6,9,13,15H,2-3,7-8,10H2,1H3. The normalized spacial score (nSPS) is 22.0. The van der Waals surface area contributed by atoms with Gasteiger partial charge >= 0.3 is 0 Å². The molecule has 1 heterocycles. The maximum Gasteiger partial charge on any atom is 0.125 e. The molecule has 0 spiro atoms. The highest BCUT2D eigenvalue weighted by Crippen LogP contribution is 2.16. The number of hydrogen-bond donors (Lipinski definition) is 1. The summed E-state index contributed by atoms with van der Waals surface area (Å²) in [6.07, 6.45) is 3.84. The second kappa shape index (κ2) is 5.30. The zero-order valence-electron chi connectivity index (χ0n) is 9.75. The number of hydrogen-bond acceptors (Lipinski definition) is 2. The van der Waals surface area contributed by atoms with E-state index < -0.39 is 0 Å². The van der Waals surface area contributed by atoms with Crippen molar-refractivity contribution in [2.75, 3.05) is 25.5 Å². The second-order valence-electron chi connectivity index (χ2n) is 4.52. The third kappa shape index (κ3) is 2.95. The van der Waals surface area contributed by atoms with Crippen molar-refractivity contribution in [3.8, 4) is 0 Å². The van der Waals surface area contributed by atoms with Crippen molar-refractivity contribution in [1.29, 1.82) is 0 Å². The fraction of sp³-hybridized carbons (Fsp3) is 0.538. The van der Waals surface area contributed by atoms with E-state index in [2.05, 4.69) is 17.3 Å². The predicted molar refractivity (Wildman–Crippen MR) is 65.2 cm³/mol. The summed E-state index contributed by atoms with van der Waals surface area (Å²) in [5.41, 5.74) is 0.874. The van der Waals surface area contributed by atoms with Crippen molar-refractivity contribution in [3.05, 3.63) is 30.1 Å². The van der Waals surface area contributed by atoms with Gasteiger partial charge in [0.2, 0.25) is 0 Å². The Morgan fingerprint density at radius 3 is 3.06 bits per heavy atom. The molecule has 1 aliphatic rings. The topological polar surface area (TPSA) is 15.3 Å². The highest BCUT2D eigenvalue weighted by molar-refractivity contribution is 5.43. The monoisotopic (exact) mass is 222 g/mol. The van der Waals surface area contributed by atoms with Crippen molar-refractivity contribution in [2.45, 2.75) is 25.3 Å². The maximum atomic E-state index is 13.0. The number of likely N-dealkylation sites (N-methyl/N-ethyl adjacent to an activating group) is 1. The molecule has 0 amide bonds. The van der Waals surface area contributed by atoms with Gasteiger partial charge < -0.3 is 10.2 Å². The van der Waals surface area contributed by atoms with Crippen molar-refractivity contribution < 1.29 is 4.39 Å². The number of likely N-dealkylation sites (tertiary alicyclic amines) is 1. The Labute approximate surface area is 96.5 Å². The van der Waals surface area contributed by atoms with Gasteiger partial charge in [0.25, 0.3) is 0 Å². The van der Waals surface area contributed by atoms with Gasteiger partial charge in [-0.3, -0.25) is 0 Å². The minimum absolute atomic E-state index is 0.179. The minimum Gasteiger partial charge on any atom is -0.383 e. The van der Waals surface area contributed by atoms with E-state index in [4.69, 9.17) is 0 Å².